The van der Waals surface area contributed by atoms with Crippen molar-refractivity contribution in [3.8, 4) is 0 Å². The van der Waals surface area contributed by atoms with Crippen LogP contribution in [-0.4, -0.2) is 114 Å². The average Bonchev–Trinajstić information content (AvgIpc) is 0.819. The first-order valence-corrected chi connectivity index (χ1v) is 42.9. The number of unbranched alkanes of at least 4 members (excludes halogenated alkanes) is 48. The van der Waals surface area contributed by atoms with E-state index in [-0.39, 0.29) is 86.4 Å². The Morgan fingerprint density at radius 1 is 0.267 bits per heavy atom. The van der Waals surface area contributed by atoms with E-state index in [0.717, 1.165) is 101 Å². The Hall–Kier alpha value is -3.64. The molecular weight excluding hydrogens is 1340 g/mol. The zero-order valence-corrected chi connectivity index (χ0v) is 67.8. The van der Waals surface area contributed by atoms with E-state index >= 15 is 0 Å². The molecule has 0 N–H and O–H groups in total. The second kappa shape index (κ2) is 69.4. The molecule has 0 saturated carbocycles. The number of benzene rings is 2. The van der Waals surface area contributed by atoms with E-state index in [1.807, 2.05) is 24.3 Å². The summed E-state index contributed by atoms with van der Waals surface area (Å²) < 4.78 is 90.8. The van der Waals surface area contributed by atoms with E-state index in [9.17, 15) is 45.1 Å². The largest absolute Gasteiger partial charge is 2.00 e. The maximum absolute atomic E-state index is 12.8. The number of esters is 4. The third-order valence-electron chi connectivity index (χ3n) is 18.2. The maximum atomic E-state index is 12.8. The molecule has 0 aromatic heterocycles. The van der Waals surface area contributed by atoms with Crippen LogP contribution < -0.4 is 0 Å². The van der Waals surface area contributed by atoms with E-state index in [0.29, 0.717) is 0 Å². The predicted octanol–water partition coefficient (Wildman–Crippen LogP) is 24.0. The SMILES string of the molecule is CCCCCCCCCCCCCC/C=C/COC(=O)c1ccc(S(=O)(=O)[O-])cc1C(=O)OC/C=C/CCCCCCCCCCCCCC.CCCCCCCCCCCCCC/C=C/COC(=O)c1ccc(S(=O)(=O)[O-])cc1C(=O)OC/C=C/CCCCCCCCCCCCCC.[Ca+2]. The fourth-order valence-corrected chi connectivity index (χ4v) is 13.0. The van der Waals surface area contributed by atoms with Crippen molar-refractivity contribution in [2.24, 2.45) is 0 Å². The van der Waals surface area contributed by atoms with Crippen molar-refractivity contribution in [2.75, 3.05) is 26.4 Å². The van der Waals surface area contributed by atoms with Gasteiger partial charge in [-0.1, -0.05) is 359 Å². The van der Waals surface area contributed by atoms with Gasteiger partial charge in [-0.2, -0.15) is 0 Å². The molecule has 2 aromatic carbocycles. The topological polar surface area (TPSA) is 220 Å². The van der Waals surface area contributed by atoms with Gasteiger partial charge in [0.1, 0.15) is 46.7 Å². The molecule has 0 aliphatic heterocycles. The van der Waals surface area contributed by atoms with Crippen LogP contribution in [0, 0.1) is 0 Å². The van der Waals surface area contributed by atoms with Gasteiger partial charge in [-0.15, -0.1) is 0 Å². The average molecular weight is 1480 g/mol. The standard InChI is InChI=1S/2C42H70O7S.Ca/c2*1-3-5-7-9-11-13-15-17-19-21-23-25-27-29-31-35-48-41(43)39-34-33-38(50(45,46)47)37-40(39)42(44)49-36-32-30-28-26-24-22-20-18-16-14-12-10-8-6-4-2;/h2*29-34,37H,3-28,35-36H2,1-2H3,(H,45,46,47);/q;;+2/p-2/b2*31-29+,32-30+;. The molecule has 101 heavy (non-hydrogen) atoms. The van der Waals surface area contributed by atoms with Gasteiger partial charge in [-0.3, -0.25) is 0 Å². The molecule has 14 nitrogen and oxygen atoms in total. The van der Waals surface area contributed by atoms with Gasteiger partial charge < -0.3 is 28.1 Å². The molecule has 2 aromatic rings. The predicted molar refractivity (Wildman–Crippen MR) is 415 cm³/mol. The summed E-state index contributed by atoms with van der Waals surface area (Å²) in [6.07, 6.45) is 80.5. The summed E-state index contributed by atoms with van der Waals surface area (Å²) in [5, 5.41) is 0. The van der Waals surface area contributed by atoms with Crippen LogP contribution in [0.15, 0.2) is 94.8 Å². The molecule has 0 amide bonds. The number of allylic oxidation sites excluding steroid dienone is 4. The van der Waals surface area contributed by atoms with E-state index in [4.69, 9.17) is 18.9 Å². The molecule has 0 atom stereocenters. The van der Waals surface area contributed by atoms with Crippen LogP contribution in [0.4, 0.5) is 0 Å². The normalized spacial score (nSPS) is 11.8. The Morgan fingerprint density at radius 3 is 0.614 bits per heavy atom. The van der Waals surface area contributed by atoms with Gasteiger partial charge in [-0.25, -0.2) is 36.0 Å². The third kappa shape index (κ3) is 57.3. The van der Waals surface area contributed by atoms with Crippen LogP contribution >= 0.6 is 0 Å². The van der Waals surface area contributed by atoms with E-state index in [1.54, 1.807) is 24.3 Å². The minimum absolute atomic E-state index is 0. The number of carbonyl (C=O) groups is 4. The summed E-state index contributed by atoms with van der Waals surface area (Å²) in [6, 6.07) is 6.05. The summed E-state index contributed by atoms with van der Waals surface area (Å²) in [6.45, 7) is 8.99. The minimum atomic E-state index is -4.83. The smallest absolute Gasteiger partial charge is 0.744 e. The molecule has 0 spiro atoms. The van der Waals surface area contributed by atoms with Crippen LogP contribution in [0.3, 0.4) is 0 Å². The monoisotopic (exact) mass is 1470 g/mol. The molecule has 0 fully saturated rings. The fraction of sp³-hybridized carbons (Fsp3) is 0.714. The summed E-state index contributed by atoms with van der Waals surface area (Å²) in [7, 11) is -9.67. The second-order valence-corrected chi connectivity index (χ2v) is 30.1. The Balaban J connectivity index is 0.00000196. The first kappa shape index (κ1) is 97.4. The number of carbonyl (C=O) groups excluding carboxylic acids is 4. The molecule has 0 bridgehead atoms. The van der Waals surface area contributed by atoms with Crippen LogP contribution in [0.25, 0.3) is 0 Å². The van der Waals surface area contributed by atoms with Crippen molar-refractivity contribution in [3.63, 3.8) is 0 Å². The Morgan fingerprint density at radius 2 is 0.436 bits per heavy atom. The van der Waals surface area contributed by atoms with Gasteiger partial charge >= 0.3 is 61.6 Å². The van der Waals surface area contributed by atoms with E-state index < -0.39 is 53.9 Å². The summed E-state index contributed by atoms with van der Waals surface area (Å²) in [4.78, 5) is 50.1. The number of rotatable bonds is 66. The van der Waals surface area contributed by atoms with Gasteiger partial charge in [0.05, 0.1) is 32.0 Å². The van der Waals surface area contributed by atoms with Crippen molar-refractivity contribution < 1.29 is 64.1 Å². The molecule has 0 aliphatic carbocycles. The quantitative estimate of drug-likeness (QED) is 0.0150. The molecule has 17 heteroatoms. The van der Waals surface area contributed by atoms with Crippen LogP contribution in [0.2, 0.25) is 0 Å². The first-order valence-electron chi connectivity index (χ1n) is 40.1. The minimum Gasteiger partial charge on any atom is -0.744 e. The number of ether oxygens (including phenoxy) is 4. The van der Waals surface area contributed by atoms with Gasteiger partial charge in [0.15, 0.2) is 0 Å². The summed E-state index contributed by atoms with van der Waals surface area (Å²) in [5.74, 6) is -3.35. The third-order valence-corrected chi connectivity index (χ3v) is 19.9. The van der Waals surface area contributed by atoms with E-state index in [2.05, 4.69) is 27.7 Å². The van der Waals surface area contributed by atoms with Gasteiger partial charge in [0.2, 0.25) is 0 Å². The van der Waals surface area contributed by atoms with Gasteiger partial charge in [-0.05, 0) is 87.8 Å². The molecule has 0 heterocycles. The van der Waals surface area contributed by atoms with Crippen molar-refractivity contribution in [2.45, 2.75) is 371 Å². The molecule has 2 rings (SSSR count). The summed E-state index contributed by atoms with van der Waals surface area (Å²) in [5.41, 5.74) is -0.891. The maximum Gasteiger partial charge on any atom is 2.00 e. The van der Waals surface area contributed by atoms with Crippen molar-refractivity contribution in [3.05, 3.63) is 107 Å². The molecular formula is C84H138CaO14S2. The molecule has 0 radical (unpaired) electrons. The number of hydrogen-bond donors (Lipinski definition) is 0. The molecule has 0 aliphatic rings. The van der Waals surface area contributed by atoms with E-state index in [1.165, 1.54) is 270 Å². The van der Waals surface area contributed by atoms with Crippen molar-refractivity contribution in [1.29, 1.82) is 0 Å². The Bertz CT molecular complexity index is 2540. The Kier molecular flexibility index (Phi) is 66.9. The zero-order valence-electron chi connectivity index (χ0n) is 63.9. The fourth-order valence-electron chi connectivity index (χ4n) is 12.0. The molecule has 0 unspecified atom stereocenters. The van der Waals surface area contributed by atoms with Crippen molar-refractivity contribution >= 4 is 81.9 Å². The van der Waals surface area contributed by atoms with Crippen molar-refractivity contribution in [1.82, 2.24) is 0 Å². The van der Waals surface area contributed by atoms with Gasteiger partial charge in [0.25, 0.3) is 0 Å². The number of hydrogen-bond acceptors (Lipinski definition) is 14. The molecule has 0 saturated heterocycles. The zero-order chi connectivity index (χ0) is 73.1. The van der Waals surface area contributed by atoms with Gasteiger partial charge in [0, 0.05) is 0 Å². The Labute approximate surface area is 645 Å². The second-order valence-electron chi connectivity index (χ2n) is 27.3. The van der Waals surface area contributed by atoms with Crippen LogP contribution in [-0.2, 0) is 39.2 Å². The molecule has 572 valence electrons. The van der Waals surface area contributed by atoms with Crippen LogP contribution in [0.1, 0.15) is 403 Å². The summed E-state index contributed by atoms with van der Waals surface area (Å²) >= 11 is 0. The first-order chi connectivity index (χ1) is 48.6. The van der Waals surface area contributed by atoms with Crippen LogP contribution in [0.5, 0.6) is 0 Å².